The molecule has 3 aromatic rings. The van der Waals surface area contributed by atoms with Crippen LogP contribution in [0.1, 0.15) is 16.8 Å². The van der Waals surface area contributed by atoms with E-state index in [9.17, 15) is 14.9 Å². The van der Waals surface area contributed by atoms with Gasteiger partial charge in [0.1, 0.15) is 0 Å². The van der Waals surface area contributed by atoms with Crippen molar-refractivity contribution in [1.29, 1.82) is 0 Å². The predicted octanol–water partition coefficient (Wildman–Crippen LogP) is 4.71. The summed E-state index contributed by atoms with van der Waals surface area (Å²) in [7, 11) is 0. The number of nitro benzene ring substituents is 1. The van der Waals surface area contributed by atoms with E-state index in [0.29, 0.717) is 16.4 Å². The summed E-state index contributed by atoms with van der Waals surface area (Å²) in [6, 6.07) is 14.6. The van der Waals surface area contributed by atoms with Crippen molar-refractivity contribution in [3.63, 3.8) is 0 Å². The van der Waals surface area contributed by atoms with E-state index >= 15 is 0 Å². The number of carbonyl (C=O) groups is 1. The van der Waals surface area contributed by atoms with Gasteiger partial charge in [-0.15, -0.1) is 0 Å². The van der Waals surface area contributed by atoms with Gasteiger partial charge < -0.3 is 5.32 Å². The average Bonchev–Trinajstić information content (AvgIpc) is 2.68. The molecule has 1 N–H and O–H groups in total. The summed E-state index contributed by atoms with van der Waals surface area (Å²) in [5.41, 5.74) is 4.67. The third-order valence-corrected chi connectivity index (χ3v) is 5.05. The lowest BCUT2D eigenvalue weighted by atomic mass is 10.1. The molecule has 0 fully saturated rings. The van der Waals surface area contributed by atoms with Crippen LogP contribution in [-0.2, 0) is 4.79 Å². The minimum Gasteiger partial charge on any atom is -0.325 e. The highest BCUT2D eigenvalue weighted by molar-refractivity contribution is 7.99. The molecule has 0 unspecified atom stereocenters. The number of aromatic nitrogens is 2. The third-order valence-electron chi connectivity index (χ3n) is 4.20. The highest BCUT2D eigenvalue weighted by atomic mass is 32.2. The molecule has 0 saturated carbocycles. The van der Waals surface area contributed by atoms with Crippen molar-refractivity contribution in [2.75, 3.05) is 11.1 Å². The number of aryl methyl sites for hydroxylation is 3. The molecule has 3 rings (SSSR count). The Hall–Kier alpha value is -3.26. The second kappa shape index (κ2) is 8.83. The monoisotopic (exact) mass is 408 g/mol. The zero-order chi connectivity index (χ0) is 21.0. The van der Waals surface area contributed by atoms with Crippen molar-refractivity contribution in [3.8, 4) is 11.3 Å². The van der Waals surface area contributed by atoms with Crippen molar-refractivity contribution in [2.45, 2.75) is 25.9 Å². The Balaban J connectivity index is 1.68. The molecular weight excluding hydrogens is 388 g/mol. The summed E-state index contributed by atoms with van der Waals surface area (Å²) in [5, 5.41) is 14.2. The lowest BCUT2D eigenvalue weighted by Crippen LogP contribution is -2.14. The number of amides is 1. The van der Waals surface area contributed by atoms with E-state index in [1.54, 1.807) is 19.1 Å². The molecule has 1 aromatic heterocycles. The van der Waals surface area contributed by atoms with Crippen LogP contribution in [-0.4, -0.2) is 26.6 Å². The van der Waals surface area contributed by atoms with Gasteiger partial charge in [0.05, 0.1) is 16.4 Å². The van der Waals surface area contributed by atoms with Crippen LogP contribution in [0.5, 0.6) is 0 Å². The number of hydrogen-bond donors (Lipinski definition) is 1. The van der Waals surface area contributed by atoms with Crippen LogP contribution in [0.15, 0.2) is 53.7 Å². The molecule has 148 valence electrons. The summed E-state index contributed by atoms with van der Waals surface area (Å²) >= 11 is 1.22. The highest BCUT2D eigenvalue weighted by Gasteiger charge is 2.13. The molecule has 0 aliphatic rings. The van der Waals surface area contributed by atoms with E-state index < -0.39 is 4.92 Å². The van der Waals surface area contributed by atoms with Gasteiger partial charge in [0.25, 0.3) is 5.69 Å². The fourth-order valence-electron chi connectivity index (χ4n) is 2.69. The molecule has 1 heterocycles. The van der Waals surface area contributed by atoms with Crippen LogP contribution in [0, 0.1) is 30.9 Å². The fourth-order valence-corrected chi connectivity index (χ4v) is 3.39. The predicted molar refractivity (Wildman–Crippen MR) is 114 cm³/mol. The van der Waals surface area contributed by atoms with E-state index in [1.807, 2.05) is 44.2 Å². The number of rotatable bonds is 6. The standard InChI is InChI=1S/C21H20N4O3S/c1-13-4-7-16(8-5-13)18-10-15(3)22-21(24-18)29-12-20(26)23-17-9-6-14(2)19(11-17)25(27)28/h4-11H,12H2,1-3H3,(H,23,26). The number of anilines is 1. The largest absolute Gasteiger partial charge is 0.325 e. The Morgan fingerprint density at radius 2 is 1.79 bits per heavy atom. The number of nitrogens with one attached hydrogen (secondary N) is 1. The molecule has 0 radical (unpaired) electrons. The molecule has 0 saturated heterocycles. The lowest BCUT2D eigenvalue weighted by Gasteiger charge is -2.08. The third kappa shape index (κ3) is 5.39. The van der Waals surface area contributed by atoms with Gasteiger partial charge in [-0.3, -0.25) is 14.9 Å². The Morgan fingerprint density at radius 3 is 2.48 bits per heavy atom. The summed E-state index contributed by atoms with van der Waals surface area (Å²) in [6.07, 6.45) is 0. The number of thioether (sulfide) groups is 1. The molecule has 0 aliphatic carbocycles. The minimum atomic E-state index is -0.465. The quantitative estimate of drug-likeness (QED) is 0.275. The maximum Gasteiger partial charge on any atom is 0.274 e. The van der Waals surface area contributed by atoms with Gasteiger partial charge >= 0.3 is 0 Å². The lowest BCUT2D eigenvalue weighted by molar-refractivity contribution is -0.385. The minimum absolute atomic E-state index is 0.0276. The molecule has 0 bridgehead atoms. The molecule has 1 amide bonds. The summed E-state index contributed by atoms with van der Waals surface area (Å²) < 4.78 is 0. The summed E-state index contributed by atoms with van der Waals surface area (Å²) in [4.78, 5) is 31.8. The highest BCUT2D eigenvalue weighted by Crippen LogP contribution is 2.24. The van der Waals surface area contributed by atoms with E-state index in [-0.39, 0.29) is 17.3 Å². The Bertz CT molecular complexity index is 1070. The van der Waals surface area contributed by atoms with E-state index in [2.05, 4.69) is 15.3 Å². The van der Waals surface area contributed by atoms with Gasteiger partial charge in [-0.05, 0) is 32.9 Å². The maximum atomic E-state index is 12.3. The van der Waals surface area contributed by atoms with Gasteiger partial charge in [-0.25, -0.2) is 9.97 Å². The van der Waals surface area contributed by atoms with Crippen molar-refractivity contribution in [2.24, 2.45) is 0 Å². The van der Waals surface area contributed by atoms with Crippen molar-refractivity contribution in [1.82, 2.24) is 9.97 Å². The van der Waals surface area contributed by atoms with Gasteiger partial charge in [-0.2, -0.15) is 0 Å². The van der Waals surface area contributed by atoms with Crippen LogP contribution in [0.25, 0.3) is 11.3 Å². The number of nitrogens with zero attached hydrogens (tertiary/aromatic N) is 3. The molecule has 7 nitrogen and oxygen atoms in total. The van der Waals surface area contributed by atoms with Gasteiger partial charge in [0.15, 0.2) is 5.16 Å². The molecule has 2 aromatic carbocycles. The van der Waals surface area contributed by atoms with Crippen molar-refractivity contribution in [3.05, 3.63) is 75.5 Å². The maximum absolute atomic E-state index is 12.3. The fraction of sp³-hybridized carbons (Fsp3) is 0.190. The van der Waals surface area contributed by atoms with Crippen LogP contribution in [0.3, 0.4) is 0 Å². The summed E-state index contributed by atoms with van der Waals surface area (Å²) in [5.74, 6) is -0.187. The number of benzene rings is 2. The molecular formula is C21H20N4O3S. The Kier molecular flexibility index (Phi) is 6.23. The molecule has 0 spiro atoms. The first-order valence-electron chi connectivity index (χ1n) is 8.92. The van der Waals surface area contributed by atoms with E-state index in [1.165, 1.54) is 23.4 Å². The molecule has 29 heavy (non-hydrogen) atoms. The van der Waals surface area contributed by atoms with E-state index in [4.69, 9.17) is 0 Å². The molecule has 0 aliphatic heterocycles. The number of carbonyl (C=O) groups excluding carboxylic acids is 1. The normalized spacial score (nSPS) is 10.6. The van der Waals surface area contributed by atoms with Gasteiger partial charge in [0.2, 0.25) is 5.91 Å². The number of nitro groups is 1. The molecule has 0 atom stereocenters. The Morgan fingerprint density at radius 1 is 1.07 bits per heavy atom. The van der Waals surface area contributed by atoms with Crippen LogP contribution in [0.4, 0.5) is 11.4 Å². The van der Waals surface area contributed by atoms with Crippen LogP contribution >= 0.6 is 11.8 Å². The average molecular weight is 408 g/mol. The van der Waals surface area contributed by atoms with Gasteiger partial charge in [-0.1, -0.05) is 47.7 Å². The van der Waals surface area contributed by atoms with Crippen molar-refractivity contribution >= 4 is 29.0 Å². The first-order valence-corrected chi connectivity index (χ1v) is 9.91. The second-order valence-corrected chi connectivity index (χ2v) is 7.58. The summed E-state index contributed by atoms with van der Waals surface area (Å²) in [6.45, 7) is 5.56. The molecule has 8 heteroatoms. The zero-order valence-corrected chi connectivity index (χ0v) is 17.1. The smallest absolute Gasteiger partial charge is 0.274 e. The van der Waals surface area contributed by atoms with Crippen LogP contribution in [0.2, 0.25) is 0 Å². The SMILES string of the molecule is Cc1ccc(-c2cc(C)nc(SCC(=O)Nc3ccc(C)c([N+](=O)[O-])c3)n2)cc1. The first kappa shape index (κ1) is 20.5. The van der Waals surface area contributed by atoms with Crippen LogP contribution < -0.4 is 5.32 Å². The Labute approximate surface area is 172 Å². The van der Waals surface area contributed by atoms with E-state index in [0.717, 1.165) is 17.0 Å². The topological polar surface area (TPSA) is 98.0 Å². The second-order valence-electron chi connectivity index (χ2n) is 6.64. The first-order chi connectivity index (χ1) is 13.8. The van der Waals surface area contributed by atoms with Crippen molar-refractivity contribution < 1.29 is 9.72 Å². The number of hydrogen-bond acceptors (Lipinski definition) is 6. The van der Waals surface area contributed by atoms with Gasteiger partial charge in [0, 0.05) is 28.6 Å². The zero-order valence-electron chi connectivity index (χ0n) is 16.3.